The number of amides is 1. The molecule has 0 aliphatic rings. The maximum Gasteiger partial charge on any atom is 0.312 e. The van der Waals surface area contributed by atoms with Gasteiger partial charge < -0.3 is 15.1 Å². The summed E-state index contributed by atoms with van der Waals surface area (Å²) < 4.78 is 32.9. The molecule has 3 rings (SSSR count). The van der Waals surface area contributed by atoms with Gasteiger partial charge in [-0.15, -0.1) is 16.9 Å². The Morgan fingerprint density at radius 1 is 1.23 bits per heavy atom. The van der Waals surface area contributed by atoms with Gasteiger partial charge in [0, 0.05) is 17.0 Å². The number of carbonyl (C=O) groups is 1. The van der Waals surface area contributed by atoms with Crippen LogP contribution in [0.4, 0.5) is 14.8 Å². The quantitative estimate of drug-likeness (QED) is 0.546. The van der Waals surface area contributed by atoms with Gasteiger partial charge in [-0.3, -0.25) is 4.79 Å². The average molecular weight is 450 g/mol. The largest absolute Gasteiger partial charge is 0.406 e. The number of thioether (sulfide) groups is 1. The fraction of sp³-hybridized carbons (Fsp3) is 0.158. The minimum Gasteiger partial charge on any atom is -0.406 e. The van der Waals surface area contributed by atoms with E-state index in [0.29, 0.717) is 9.92 Å². The van der Waals surface area contributed by atoms with Crippen LogP contribution in [0.25, 0.3) is 0 Å². The molecule has 1 aromatic heterocycles. The summed E-state index contributed by atoms with van der Waals surface area (Å²) in [5.74, 6) is -1.53. The fourth-order valence-electron chi connectivity index (χ4n) is 2.50. The monoisotopic (exact) mass is 449 g/mol. The lowest BCUT2D eigenvalue weighted by molar-refractivity contribution is -0.129. The number of nitriles is 1. The van der Waals surface area contributed by atoms with Gasteiger partial charge in [0.15, 0.2) is 0 Å². The van der Waals surface area contributed by atoms with Gasteiger partial charge in [0.25, 0.3) is 0 Å². The van der Waals surface area contributed by atoms with Gasteiger partial charge in [-0.2, -0.15) is 5.26 Å². The third-order valence-electron chi connectivity index (χ3n) is 3.95. The van der Waals surface area contributed by atoms with Crippen molar-refractivity contribution < 1.29 is 18.0 Å². The van der Waals surface area contributed by atoms with Crippen molar-refractivity contribution >= 4 is 35.3 Å². The zero-order valence-corrected chi connectivity index (χ0v) is 16.9. The van der Waals surface area contributed by atoms with Gasteiger partial charge in [-0.25, -0.2) is 8.78 Å². The number of nitrogens with zero attached hydrogens (tertiary/aromatic N) is 4. The second kappa shape index (κ2) is 9.56. The van der Waals surface area contributed by atoms with Crippen molar-refractivity contribution in [2.45, 2.75) is 18.0 Å². The van der Waals surface area contributed by atoms with Crippen LogP contribution in [0.15, 0.2) is 45.7 Å². The molecule has 0 radical (unpaired) electrons. The summed E-state index contributed by atoms with van der Waals surface area (Å²) >= 11 is 7.08. The number of anilines is 1. The number of benzene rings is 2. The van der Waals surface area contributed by atoms with Gasteiger partial charge in [-0.1, -0.05) is 22.8 Å². The zero-order chi connectivity index (χ0) is 21.7. The number of rotatable bonds is 7. The Kier molecular flexibility index (Phi) is 6.87. The van der Waals surface area contributed by atoms with Crippen molar-refractivity contribution in [1.82, 2.24) is 15.1 Å². The van der Waals surface area contributed by atoms with Crippen LogP contribution in [0.1, 0.15) is 17.0 Å². The van der Waals surface area contributed by atoms with Crippen LogP contribution in [-0.4, -0.2) is 26.8 Å². The molecule has 11 heteroatoms. The summed E-state index contributed by atoms with van der Waals surface area (Å²) in [5.41, 5.74) is 5.78. The van der Waals surface area contributed by atoms with E-state index < -0.39 is 17.5 Å². The van der Waals surface area contributed by atoms with Crippen LogP contribution in [0.3, 0.4) is 0 Å². The number of hydrogen-bond donors (Lipinski definition) is 1. The molecule has 30 heavy (non-hydrogen) atoms. The molecular formula is C19H14ClF2N5O2S. The summed E-state index contributed by atoms with van der Waals surface area (Å²) in [6.07, 6.45) is 0. The van der Waals surface area contributed by atoms with E-state index in [1.54, 1.807) is 0 Å². The lowest BCUT2D eigenvalue weighted by Crippen LogP contribution is -2.32. The molecule has 3 aromatic rings. The SMILES string of the molecule is N#Cc1ccc(CN(Cc2nnc(N)o2)C(=O)CSc2cc(F)ccc2Cl)c(F)c1. The number of nitrogens with two attached hydrogens (primary N) is 1. The number of nitrogen functional groups attached to an aromatic ring is 1. The van der Waals surface area contributed by atoms with E-state index in [0.717, 1.165) is 17.8 Å². The van der Waals surface area contributed by atoms with E-state index in [4.69, 9.17) is 27.0 Å². The molecule has 7 nitrogen and oxygen atoms in total. The summed E-state index contributed by atoms with van der Waals surface area (Å²) in [6, 6.07) is 9.49. The minimum absolute atomic E-state index is 0.0729. The molecule has 0 aliphatic heterocycles. The third-order valence-corrected chi connectivity index (χ3v) is 5.43. The van der Waals surface area contributed by atoms with Crippen molar-refractivity contribution in [3.8, 4) is 6.07 Å². The Morgan fingerprint density at radius 2 is 2.03 bits per heavy atom. The second-order valence-electron chi connectivity index (χ2n) is 6.07. The van der Waals surface area contributed by atoms with Crippen LogP contribution < -0.4 is 5.73 Å². The van der Waals surface area contributed by atoms with Gasteiger partial charge in [0.2, 0.25) is 11.8 Å². The summed E-state index contributed by atoms with van der Waals surface area (Å²) in [5, 5.41) is 16.5. The number of halogens is 3. The highest BCUT2D eigenvalue weighted by Crippen LogP contribution is 2.28. The molecule has 0 aliphatic carbocycles. The molecular weight excluding hydrogens is 436 g/mol. The number of hydrogen-bond acceptors (Lipinski definition) is 7. The molecule has 0 saturated heterocycles. The van der Waals surface area contributed by atoms with Crippen LogP contribution in [0.5, 0.6) is 0 Å². The van der Waals surface area contributed by atoms with E-state index in [1.165, 1.54) is 35.2 Å². The predicted octanol–water partition coefficient (Wildman–Crippen LogP) is 3.78. The first-order valence-corrected chi connectivity index (χ1v) is 9.84. The van der Waals surface area contributed by atoms with Gasteiger partial charge in [-0.05, 0) is 30.3 Å². The highest BCUT2D eigenvalue weighted by Gasteiger charge is 2.20. The first-order valence-electron chi connectivity index (χ1n) is 8.47. The maximum absolute atomic E-state index is 14.3. The van der Waals surface area contributed by atoms with Gasteiger partial charge >= 0.3 is 6.01 Å². The van der Waals surface area contributed by atoms with E-state index in [9.17, 15) is 13.6 Å². The summed E-state index contributed by atoms with van der Waals surface area (Å²) in [7, 11) is 0. The van der Waals surface area contributed by atoms with Crippen molar-refractivity contribution in [3.63, 3.8) is 0 Å². The van der Waals surface area contributed by atoms with E-state index in [2.05, 4.69) is 10.2 Å². The Balaban J connectivity index is 1.78. The first kappa shape index (κ1) is 21.5. The van der Waals surface area contributed by atoms with Gasteiger partial charge in [0.05, 0.1) is 29.0 Å². The van der Waals surface area contributed by atoms with Gasteiger partial charge in [0.1, 0.15) is 11.6 Å². The minimum atomic E-state index is -0.627. The fourth-order valence-corrected chi connectivity index (χ4v) is 3.64. The number of carbonyl (C=O) groups excluding carboxylic acids is 1. The molecule has 0 saturated carbocycles. The topological polar surface area (TPSA) is 109 Å². The highest BCUT2D eigenvalue weighted by atomic mass is 35.5. The van der Waals surface area contributed by atoms with Crippen LogP contribution in [-0.2, 0) is 17.9 Å². The molecule has 0 atom stereocenters. The highest BCUT2D eigenvalue weighted by molar-refractivity contribution is 8.00. The van der Waals surface area contributed by atoms with Crippen molar-refractivity contribution in [3.05, 3.63) is 70.1 Å². The molecule has 154 valence electrons. The Labute approximate surface area is 179 Å². The zero-order valence-electron chi connectivity index (χ0n) is 15.3. The van der Waals surface area contributed by atoms with E-state index in [-0.39, 0.29) is 41.9 Å². The average Bonchev–Trinajstić information content (AvgIpc) is 3.13. The molecule has 2 N–H and O–H groups in total. The second-order valence-corrected chi connectivity index (χ2v) is 7.49. The standard InChI is InChI=1S/C19H14ClF2N5O2S/c20-14-4-3-13(21)6-16(14)30-10-18(28)27(9-17-25-26-19(24)29-17)8-12-2-1-11(7-23)5-15(12)22/h1-6H,8-10H2,(H2,24,26). The molecule has 1 heterocycles. The van der Waals surface area contributed by atoms with Crippen LogP contribution in [0, 0.1) is 23.0 Å². The van der Waals surface area contributed by atoms with Crippen molar-refractivity contribution in [2.24, 2.45) is 0 Å². The number of aromatic nitrogens is 2. The lowest BCUT2D eigenvalue weighted by atomic mass is 10.1. The third kappa shape index (κ3) is 5.46. The molecule has 1 amide bonds. The van der Waals surface area contributed by atoms with Crippen molar-refractivity contribution in [1.29, 1.82) is 5.26 Å². The van der Waals surface area contributed by atoms with Crippen LogP contribution >= 0.6 is 23.4 Å². The van der Waals surface area contributed by atoms with E-state index >= 15 is 0 Å². The molecule has 2 aromatic carbocycles. The Morgan fingerprint density at radius 3 is 2.70 bits per heavy atom. The molecule has 0 bridgehead atoms. The summed E-state index contributed by atoms with van der Waals surface area (Å²) in [6.45, 7) is -0.226. The lowest BCUT2D eigenvalue weighted by Gasteiger charge is -2.21. The van der Waals surface area contributed by atoms with Crippen LogP contribution in [0.2, 0.25) is 5.02 Å². The van der Waals surface area contributed by atoms with Crippen molar-refractivity contribution in [2.75, 3.05) is 11.5 Å². The molecule has 0 spiro atoms. The molecule has 0 unspecified atom stereocenters. The first-order chi connectivity index (χ1) is 14.4. The molecule has 0 fully saturated rings. The Hall–Kier alpha value is -3.16. The normalized spacial score (nSPS) is 10.6. The maximum atomic E-state index is 14.3. The summed E-state index contributed by atoms with van der Waals surface area (Å²) in [4.78, 5) is 14.5. The van der Waals surface area contributed by atoms with E-state index in [1.807, 2.05) is 6.07 Å². The smallest absolute Gasteiger partial charge is 0.312 e. The Bertz CT molecular complexity index is 1120. The predicted molar refractivity (Wildman–Crippen MR) is 106 cm³/mol.